The number of hydrogen-bond donors (Lipinski definition) is 2. The summed E-state index contributed by atoms with van der Waals surface area (Å²) >= 11 is 0. The molecule has 0 saturated carbocycles. The largest absolute Gasteiger partial charge is 0.367 e. The summed E-state index contributed by atoms with van der Waals surface area (Å²) < 4.78 is 29.6. The third-order valence-electron chi connectivity index (χ3n) is 1.66. The summed E-state index contributed by atoms with van der Waals surface area (Å²) in [6.07, 6.45) is -1.19. The molecule has 3 atom stereocenters. The van der Waals surface area contributed by atoms with Gasteiger partial charge in [-0.15, -0.1) is 0 Å². The van der Waals surface area contributed by atoms with Crippen molar-refractivity contribution in [3.8, 4) is 0 Å². The average molecular weight is 266 g/mol. The van der Waals surface area contributed by atoms with Crippen LogP contribution < -0.4 is 0 Å². The maximum absolute atomic E-state index is 10.9. The van der Waals surface area contributed by atoms with Crippen molar-refractivity contribution in [1.29, 1.82) is 0 Å². The number of benzene rings is 1. The zero-order valence-electron chi connectivity index (χ0n) is 8.20. The predicted molar refractivity (Wildman–Crippen MR) is 58.5 cm³/mol. The molecule has 0 aliphatic carbocycles. The zero-order chi connectivity index (χ0) is 12.0. The Labute approximate surface area is 93.7 Å². The molecule has 90 valence electrons. The Balaban J connectivity index is 2.39. The van der Waals surface area contributed by atoms with Crippen molar-refractivity contribution in [3.05, 3.63) is 35.9 Å². The van der Waals surface area contributed by atoms with Crippen LogP contribution in [0.3, 0.4) is 0 Å². The van der Waals surface area contributed by atoms with Gasteiger partial charge in [0, 0.05) is 6.42 Å². The maximum Gasteiger partial charge on any atom is 0.328 e. The van der Waals surface area contributed by atoms with Gasteiger partial charge in [-0.05, 0) is 5.56 Å². The SMILES string of the molecule is O=[PH](O)O[PH](=O)OC(O)Cc1ccccc1. The topological polar surface area (TPSA) is 93.1 Å². The number of aliphatic hydroxyl groups excluding tert-OH is 1. The molecule has 0 saturated heterocycles. The smallest absolute Gasteiger partial charge is 0.328 e. The Hall–Kier alpha value is -0.480. The molecule has 1 aromatic rings. The zero-order valence-corrected chi connectivity index (χ0v) is 10.2. The van der Waals surface area contributed by atoms with E-state index in [1.54, 1.807) is 24.3 Å². The molecule has 0 bridgehead atoms. The molecule has 16 heavy (non-hydrogen) atoms. The Bertz CT molecular complexity index is 368. The first kappa shape index (κ1) is 13.6. The van der Waals surface area contributed by atoms with E-state index in [2.05, 4.69) is 8.83 Å². The van der Waals surface area contributed by atoms with Crippen LogP contribution in [0.5, 0.6) is 0 Å². The fourth-order valence-corrected chi connectivity index (χ4v) is 2.13. The highest BCUT2D eigenvalue weighted by Crippen LogP contribution is 2.37. The second kappa shape index (κ2) is 6.97. The van der Waals surface area contributed by atoms with Crippen LogP contribution in [-0.2, 0) is 24.4 Å². The van der Waals surface area contributed by atoms with Crippen LogP contribution in [0.15, 0.2) is 30.3 Å². The van der Waals surface area contributed by atoms with Crippen LogP contribution >= 0.6 is 16.5 Å². The second-order valence-electron chi connectivity index (χ2n) is 2.88. The summed E-state index contributed by atoms with van der Waals surface area (Å²) in [6, 6.07) is 8.92. The van der Waals surface area contributed by atoms with Gasteiger partial charge >= 0.3 is 16.5 Å². The van der Waals surface area contributed by atoms with E-state index < -0.39 is 22.8 Å². The van der Waals surface area contributed by atoms with Crippen LogP contribution in [0.2, 0.25) is 0 Å². The van der Waals surface area contributed by atoms with Crippen LogP contribution in [0.4, 0.5) is 0 Å². The average Bonchev–Trinajstić information content (AvgIpc) is 2.17. The van der Waals surface area contributed by atoms with Gasteiger partial charge in [0.1, 0.15) is 0 Å². The Morgan fingerprint density at radius 3 is 2.44 bits per heavy atom. The van der Waals surface area contributed by atoms with Gasteiger partial charge in [0.15, 0.2) is 6.29 Å². The second-order valence-corrected chi connectivity index (χ2v) is 4.96. The summed E-state index contributed by atoms with van der Waals surface area (Å²) in [7, 11) is -6.43. The Morgan fingerprint density at radius 2 is 1.88 bits per heavy atom. The highest BCUT2D eigenvalue weighted by Gasteiger charge is 2.11. The highest BCUT2D eigenvalue weighted by atomic mass is 31.2. The van der Waals surface area contributed by atoms with Gasteiger partial charge in [0.25, 0.3) is 0 Å². The molecule has 0 heterocycles. The molecule has 2 N–H and O–H groups in total. The van der Waals surface area contributed by atoms with E-state index in [-0.39, 0.29) is 6.42 Å². The summed E-state index contributed by atoms with van der Waals surface area (Å²) in [5.41, 5.74) is 0.793. The minimum absolute atomic E-state index is 0.132. The van der Waals surface area contributed by atoms with Gasteiger partial charge in [-0.3, -0.25) is 13.7 Å². The van der Waals surface area contributed by atoms with E-state index in [4.69, 9.17) is 4.89 Å². The molecule has 0 aromatic heterocycles. The molecular weight excluding hydrogens is 254 g/mol. The first-order valence-electron chi connectivity index (χ1n) is 4.41. The molecule has 0 spiro atoms. The monoisotopic (exact) mass is 266 g/mol. The molecule has 0 amide bonds. The van der Waals surface area contributed by atoms with Gasteiger partial charge in [0.05, 0.1) is 0 Å². The minimum atomic E-state index is -3.30. The molecule has 0 aliphatic heterocycles. The lowest BCUT2D eigenvalue weighted by atomic mass is 10.1. The predicted octanol–water partition coefficient (Wildman–Crippen LogP) is 1.35. The molecular formula is C8H12O6P2. The summed E-state index contributed by atoms with van der Waals surface area (Å²) in [6.45, 7) is 0. The van der Waals surface area contributed by atoms with Crippen LogP contribution in [0.1, 0.15) is 5.56 Å². The number of rotatable bonds is 6. The van der Waals surface area contributed by atoms with Crippen molar-refractivity contribution < 1.29 is 28.0 Å². The van der Waals surface area contributed by atoms with Gasteiger partial charge in [-0.25, -0.2) is 4.31 Å². The van der Waals surface area contributed by atoms with Crippen molar-refractivity contribution >= 4 is 16.5 Å². The molecule has 1 rings (SSSR count). The molecule has 1 aromatic carbocycles. The van der Waals surface area contributed by atoms with Gasteiger partial charge in [-0.2, -0.15) is 0 Å². The maximum atomic E-state index is 10.9. The van der Waals surface area contributed by atoms with E-state index in [0.29, 0.717) is 0 Å². The fraction of sp³-hybridized carbons (Fsp3) is 0.250. The highest BCUT2D eigenvalue weighted by molar-refractivity contribution is 7.47. The third kappa shape index (κ3) is 5.56. The molecule has 0 aliphatic rings. The van der Waals surface area contributed by atoms with Crippen LogP contribution in [-0.4, -0.2) is 16.3 Å². The van der Waals surface area contributed by atoms with Crippen molar-refractivity contribution in [2.75, 3.05) is 0 Å². The molecule has 6 nitrogen and oxygen atoms in total. The Kier molecular flexibility index (Phi) is 5.91. The fourth-order valence-electron chi connectivity index (χ4n) is 1.06. The normalized spacial score (nSPS) is 16.6. The standard InChI is InChI=1S/C8H12O6P2/c9-8(13-16(12)14-15(10)11)6-7-4-2-1-3-5-7/h1-5,8-9,15-16H,6H2,(H,10,11). The van der Waals surface area contributed by atoms with E-state index in [0.717, 1.165) is 5.56 Å². The van der Waals surface area contributed by atoms with Gasteiger partial charge < -0.3 is 10.00 Å². The van der Waals surface area contributed by atoms with E-state index in [9.17, 15) is 14.2 Å². The molecule has 0 radical (unpaired) electrons. The van der Waals surface area contributed by atoms with E-state index in [1.807, 2.05) is 6.07 Å². The molecule has 8 heteroatoms. The lowest BCUT2D eigenvalue weighted by Crippen LogP contribution is -2.11. The Morgan fingerprint density at radius 1 is 1.25 bits per heavy atom. The van der Waals surface area contributed by atoms with Crippen molar-refractivity contribution in [3.63, 3.8) is 0 Å². The van der Waals surface area contributed by atoms with Crippen LogP contribution in [0.25, 0.3) is 0 Å². The lowest BCUT2D eigenvalue weighted by molar-refractivity contribution is -0.0161. The first-order chi connectivity index (χ1) is 7.58. The summed E-state index contributed by atoms with van der Waals surface area (Å²) in [5, 5.41) is 9.34. The van der Waals surface area contributed by atoms with Crippen molar-refractivity contribution in [1.82, 2.24) is 0 Å². The molecule has 3 unspecified atom stereocenters. The van der Waals surface area contributed by atoms with Crippen molar-refractivity contribution in [2.45, 2.75) is 12.7 Å². The number of aliphatic hydroxyl groups is 1. The third-order valence-corrected chi connectivity index (χ3v) is 3.49. The minimum Gasteiger partial charge on any atom is -0.367 e. The summed E-state index contributed by atoms with van der Waals surface area (Å²) in [5.74, 6) is 0. The molecule has 0 fully saturated rings. The van der Waals surface area contributed by atoms with E-state index >= 15 is 0 Å². The quantitative estimate of drug-likeness (QED) is 0.596. The van der Waals surface area contributed by atoms with Crippen molar-refractivity contribution in [2.24, 2.45) is 0 Å². The van der Waals surface area contributed by atoms with Gasteiger partial charge in [-0.1, -0.05) is 30.3 Å². The van der Waals surface area contributed by atoms with Gasteiger partial charge in [0.2, 0.25) is 0 Å². The number of hydrogen-bond acceptors (Lipinski definition) is 5. The lowest BCUT2D eigenvalue weighted by Gasteiger charge is -2.10. The van der Waals surface area contributed by atoms with E-state index in [1.165, 1.54) is 0 Å². The van der Waals surface area contributed by atoms with Crippen LogP contribution in [0, 0.1) is 0 Å². The first-order valence-corrected chi connectivity index (χ1v) is 6.90. The summed E-state index contributed by atoms with van der Waals surface area (Å²) in [4.78, 5) is 8.31.